The molecule has 0 spiro atoms. The summed E-state index contributed by atoms with van der Waals surface area (Å²) in [6, 6.07) is 4.77. The number of hydrogen-bond donors (Lipinski definition) is 1. The molecule has 0 saturated carbocycles. The van der Waals surface area contributed by atoms with Crippen molar-refractivity contribution in [1.29, 1.82) is 0 Å². The van der Waals surface area contributed by atoms with Gasteiger partial charge in [-0.15, -0.1) is 11.3 Å². The zero-order valence-electron chi connectivity index (χ0n) is 10.8. The second kappa shape index (κ2) is 5.63. The highest BCUT2D eigenvalue weighted by Gasteiger charge is 2.16. The van der Waals surface area contributed by atoms with Crippen LogP contribution >= 0.6 is 27.3 Å². The molecule has 0 amide bonds. The average Bonchev–Trinajstić information content (AvgIpc) is 3.00. The van der Waals surface area contributed by atoms with Gasteiger partial charge in [-0.1, -0.05) is 15.9 Å². The van der Waals surface area contributed by atoms with Crippen LogP contribution in [-0.4, -0.2) is 16.4 Å². The Labute approximate surface area is 128 Å². The first-order valence-electron chi connectivity index (χ1n) is 6.20. The zero-order chi connectivity index (χ0) is 14.1. The van der Waals surface area contributed by atoms with Crippen molar-refractivity contribution >= 4 is 32.2 Å². The molecule has 1 unspecified atom stereocenters. The van der Waals surface area contributed by atoms with E-state index in [1.165, 1.54) is 6.07 Å². The van der Waals surface area contributed by atoms with Crippen molar-refractivity contribution in [3.8, 4) is 0 Å². The van der Waals surface area contributed by atoms with E-state index >= 15 is 0 Å². The maximum Gasteiger partial charge on any atom is 0.193 e. The number of nitrogens with one attached hydrogen (secondary N) is 1. The number of fused-ring (bicyclic) bond motifs is 1. The molecule has 0 saturated heterocycles. The van der Waals surface area contributed by atoms with E-state index in [-0.39, 0.29) is 11.9 Å². The summed E-state index contributed by atoms with van der Waals surface area (Å²) < 4.78 is 16.3. The van der Waals surface area contributed by atoms with Gasteiger partial charge in [-0.05, 0) is 30.8 Å². The van der Waals surface area contributed by atoms with Gasteiger partial charge in [0.05, 0.1) is 5.69 Å². The fourth-order valence-corrected chi connectivity index (χ4v) is 3.47. The first-order valence-corrected chi connectivity index (χ1v) is 7.88. The maximum atomic E-state index is 13.4. The van der Waals surface area contributed by atoms with Crippen LogP contribution in [0.25, 0.3) is 4.96 Å². The van der Waals surface area contributed by atoms with Gasteiger partial charge in [0.15, 0.2) is 4.96 Å². The fraction of sp³-hybridized carbons (Fsp3) is 0.214. The molecule has 1 N–H and O–H groups in total. The number of halogens is 2. The summed E-state index contributed by atoms with van der Waals surface area (Å²) in [5.74, 6) is -0.228. The van der Waals surface area contributed by atoms with E-state index in [9.17, 15) is 4.39 Å². The molecule has 3 aromatic rings. The second-order valence-corrected chi connectivity index (χ2v) is 6.26. The van der Waals surface area contributed by atoms with Crippen LogP contribution in [0, 0.1) is 5.82 Å². The predicted molar refractivity (Wildman–Crippen MR) is 82.7 cm³/mol. The van der Waals surface area contributed by atoms with E-state index in [4.69, 9.17) is 0 Å². The molecule has 0 aliphatic rings. The lowest BCUT2D eigenvalue weighted by Crippen LogP contribution is -2.19. The van der Waals surface area contributed by atoms with Crippen molar-refractivity contribution in [2.45, 2.75) is 12.5 Å². The number of benzene rings is 1. The fourth-order valence-electron chi connectivity index (χ4n) is 2.23. The van der Waals surface area contributed by atoms with Crippen molar-refractivity contribution in [2.24, 2.45) is 0 Å². The first kappa shape index (κ1) is 13.7. The van der Waals surface area contributed by atoms with E-state index in [1.54, 1.807) is 23.5 Å². The van der Waals surface area contributed by atoms with Gasteiger partial charge >= 0.3 is 0 Å². The molecule has 2 heterocycles. The van der Waals surface area contributed by atoms with Gasteiger partial charge in [-0.2, -0.15) is 0 Å². The molecule has 0 radical (unpaired) electrons. The maximum absolute atomic E-state index is 13.4. The van der Waals surface area contributed by atoms with Gasteiger partial charge in [0.1, 0.15) is 5.82 Å². The topological polar surface area (TPSA) is 29.3 Å². The SMILES string of the molecule is CNC(Cc1cn2ccsc2n1)c1cc(F)ccc1Br. The monoisotopic (exact) mass is 353 g/mol. The number of hydrogen-bond acceptors (Lipinski definition) is 3. The number of rotatable bonds is 4. The predicted octanol–water partition coefficient (Wildman–Crippen LogP) is 3.80. The third-order valence-electron chi connectivity index (χ3n) is 3.24. The van der Waals surface area contributed by atoms with Crippen molar-refractivity contribution in [3.05, 3.63) is 57.5 Å². The van der Waals surface area contributed by atoms with Crippen LogP contribution in [0.5, 0.6) is 0 Å². The molecule has 0 bridgehead atoms. The third-order valence-corrected chi connectivity index (χ3v) is 4.73. The van der Waals surface area contributed by atoms with Crippen LogP contribution in [0.4, 0.5) is 4.39 Å². The Kier molecular flexibility index (Phi) is 3.87. The highest BCUT2D eigenvalue weighted by molar-refractivity contribution is 9.10. The smallest absolute Gasteiger partial charge is 0.193 e. The molecule has 20 heavy (non-hydrogen) atoms. The summed E-state index contributed by atoms with van der Waals surface area (Å²) >= 11 is 5.09. The molecule has 104 valence electrons. The summed E-state index contributed by atoms with van der Waals surface area (Å²) in [5, 5.41) is 5.23. The summed E-state index contributed by atoms with van der Waals surface area (Å²) in [6.45, 7) is 0. The molecular formula is C14H13BrFN3S. The van der Waals surface area contributed by atoms with Gasteiger partial charge < -0.3 is 5.32 Å². The summed E-state index contributed by atoms with van der Waals surface area (Å²) in [4.78, 5) is 5.55. The molecule has 3 rings (SSSR count). The van der Waals surface area contributed by atoms with Crippen molar-refractivity contribution in [3.63, 3.8) is 0 Å². The summed E-state index contributed by atoms with van der Waals surface area (Å²) in [5.41, 5.74) is 1.90. The van der Waals surface area contributed by atoms with Crippen LogP contribution in [0.15, 0.2) is 40.4 Å². The van der Waals surface area contributed by atoms with Gasteiger partial charge in [0, 0.05) is 34.7 Å². The molecule has 0 aliphatic carbocycles. The molecular weight excluding hydrogens is 341 g/mol. The van der Waals surface area contributed by atoms with E-state index in [0.717, 1.165) is 20.7 Å². The Morgan fingerprint density at radius 1 is 1.50 bits per heavy atom. The number of likely N-dealkylation sites (N-methyl/N-ethyl adjacent to an activating group) is 1. The van der Waals surface area contributed by atoms with Crippen LogP contribution < -0.4 is 5.32 Å². The molecule has 1 atom stereocenters. The normalized spacial score (nSPS) is 12.9. The Morgan fingerprint density at radius 3 is 3.10 bits per heavy atom. The van der Waals surface area contributed by atoms with Crippen LogP contribution in [0.3, 0.4) is 0 Å². The minimum Gasteiger partial charge on any atom is -0.313 e. The van der Waals surface area contributed by atoms with E-state index < -0.39 is 0 Å². The highest BCUT2D eigenvalue weighted by atomic mass is 79.9. The summed E-state index contributed by atoms with van der Waals surface area (Å²) in [7, 11) is 1.88. The number of imidazole rings is 1. The highest BCUT2D eigenvalue weighted by Crippen LogP contribution is 2.27. The molecule has 1 aromatic carbocycles. The molecule has 6 heteroatoms. The number of thiazole rings is 1. The van der Waals surface area contributed by atoms with E-state index in [0.29, 0.717) is 6.42 Å². The van der Waals surface area contributed by atoms with Crippen molar-refractivity contribution < 1.29 is 4.39 Å². The van der Waals surface area contributed by atoms with E-state index in [1.807, 2.05) is 29.2 Å². The molecule has 3 nitrogen and oxygen atoms in total. The average molecular weight is 354 g/mol. The second-order valence-electron chi connectivity index (χ2n) is 4.54. The van der Waals surface area contributed by atoms with Crippen molar-refractivity contribution in [1.82, 2.24) is 14.7 Å². The van der Waals surface area contributed by atoms with Crippen molar-refractivity contribution in [2.75, 3.05) is 7.05 Å². The Morgan fingerprint density at radius 2 is 2.35 bits per heavy atom. The molecule has 0 fully saturated rings. The Bertz CT molecular complexity index is 708. The van der Waals surface area contributed by atoms with Gasteiger partial charge in [-0.25, -0.2) is 9.37 Å². The van der Waals surface area contributed by atoms with Gasteiger partial charge in [0.25, 0.3) is 0 Å². The third kappa shape index (κ3) is 2.63. The van der Waals surface area contributed by atoms with E-state index in [2.05, 4.69) is 26.2 Å². The quantitative estimate of drug-likeness (QED) is 0.772. The zero-order valence-corrected chi connectivity index (χ0v) is 13.2. The van der Waals surface area contributed by atoms with Crippen LogP contribution in [0.1, 0.15) is 17.3 Å². The Balaban J connectivity index is 1.89. The number of aromatic nitrogens is 2. The van der Waals surface area contributed by atoms with Gasteiger partial charge in [0.2, 0.25) is 0 Å². The summed E-state index contributed by atoms with van der Waals surface area (Å²) in [6.07, 6.45) is 4.72. The van der Waals surface area contributed by atoms with Crippen LogP contribution in [-0.2, 0) is 6.42 Å². The van der Waals surface area contributed by atoms with Crippen LogP contribution in [0.2, 0.25) is 0 Å². The lowest BCUT2D eigenvalue weighted by atomic mass is 10.0. The minimum absolute atomic E-state index is 0.0182. The number of nitrogens with zero attached hydrogens (tertiary/aromatic N) is 2. The minimum atomic E-state index is -0.228. The largest absolute Gasteiger partial charge is 0.313 e. The molecule has 0 aliphatic heterocycles. The lowest BCUT2D eigenvalue weighted by molar-refractivity contribution is 0.570. The first-order chi connectivity index (χ1) is 9.67. The standard InChI is InChI=1S/C14H13BrFN3S/c1-17-13(11-6-9(16)2-3-12(11)15)7-10-8-19-4-5-20-14(19)18-10/h2-6,8,13,17H,7H2,1H3. The Hall–Kier alpha value is -1.24. The lowest BCUT2D eigenvalue weighted by Gasteiger charge is -2.17. The molecule has 2 aromatic heterocycles. The van der Waals surface area contributed by atoms with Gasteiger partial charge in [-0.3, -0.25) is 4.40 Å².